The highest BCUT2D eigenvalue weighted by Gasteiger charge is 2.33. The van der Waals surface area contributed by atoms with Crippen LogP contribution in [0.2, 0.25) is 0 Å². The van der Waals surface area contributed by atoms with Crippen LogP contribution >= 0.6 is 0 Å². The number of nitrogens with one attached hydrogen (secondary N) is 2. The molecule has 3 heteroatoms. The Bertz CT molecular complexity index is 422. The van der Waals surface area contributed by atoms with E-state index in [0.29, 0.717) is 6.04 Å². The highest BCUT2D eigenvalue weighted by Crippen LogP contribution is 2.28. The molecule has 0 radical (unpaired) electrons. The van der Waals surface area contributed by atoms with Crippen LogP contribution in [0.5, 0.6) is 0 Å². The summed E-state index contributed by atoms with van der Waals surface area (Å²) in [6, 6.07) is 9.32. The smallest absolute Gasteiger partial charge is 0.191 e. The van der Waals surface area contributed by atoms with Gasteiger partial charge >= 0.3 is 0 Å². The molecule has 2 rings (SSSR count). The van der Waals surface area contributed by atoms with Gasteiger partial charge in [0.2, 0.25) is 0 Å². The van der Waals surface area contributed by atoms with Crippen molar-refractivity contribution in [1.29, 1.82) is 0 Å². The fourth-order valence-electron chi connectivity index (χ4n) is 2.07. The first-order valence-electron chi connectivity index (χ1n) is 7.29. The normalized spacial score (nSPS) is 22.2. The SMILES string of the molecule is CCNC(=NCCc1ccc(C)cc1)NC1CC1C. The molecule has 1 aliphatic rings. The summed E-state index contributed by atoms with van der Waals surface area (Å²) in [6.45, 7) is 8.24. The molecule has 2 atom stereocenters. The van der Waals surface area contributed by atoms with Crippen LogP contribution in [-0.4, -0.2) is 25.1 Å². The van der Waals surface area contributed by atoms with Gasteiger partial charge in [-0.25, -0.2) is 0 Å². The molecule has 1 fully saturated rings. The van der Waals surface area contributed by atoms with E-state index in [1.807, 2.05) is 0 Å². The van der Waals surface area contributed by atoms with Gasteiger partial charge in [0.25, 0.3) is 0 Å². The van der Waals surface area contributed by atoms with Crippen LogP contribution in [0.25, 0.3) is 0 Å². The fourth-order valence-corrected chi connectivity index (χ4v) is 2.07. The van der Waals surface area contributed by atoms with E-state index in [4.69, 9.17) is 0 Å². The van der Waals surface area contributed by atoms with Gasteiger partial charge in [0.15, 0.2) is 5.96 Å². The maximum absolute atomic E-state index is 4.64. The van der Waals surface area contributed by atoms with Crippen molar-refractivity contribution in [3.63, 3.8) is 0 Å². The van der Waals surface area contributed by atoms with Crippen LogP contribution in [0.4, 0.5) is 0 Å². The van der Waals surface area contributed by atoms with Gasteiger partial charge in [-0.3, -0.25) is 4.99 Å². The first-order chi connectivity index (χ1) is 9.19. The molecule has 1 aromatic carbocycles. The number of hydrogen-bond acceptors (Lipinski definition) is 1. The minimum Gasteiger partial charge on any atom is -0.357 e. The molecule has 2 N–H and O–H groups in total. The Hall–Kier alpha value is -1.51. The van der Waals surface area contributed by atoms with Gasteiger partial charge < -0.3 is 10.6 Å². The van der Waals surface area contributed by atoms with Gasteiger partial charge in [0, 0.05) is 19.1 Å². The summed E-state index contributed by atoms with van der Waals surface area (Å²) in [5.41, 5.74) is 2.66. The summed E-state index contributed by atoms with van der Waals surface area (Å²) in [6.07, 6.45) is 2.26. The zero-order chi connectivity index (χ0) is 13.7. The van der Waals surface area contributed by atoms with E-state index in [-0.39, 0.29) is 0 Å². The van der Waals surface area contributed by atoms with Crippen LogP contribution < -0.4 is 10.6 Å². The quantitative estimate of drug-likeness (QED) is 0.629. The maximum atomic E-state index is 4.64. The predicted octanol–water partition coefficient (Wildman–Crippen LogP) is 2.50. The Kier molecular flexibility index (Phi) is 4.83. The number of nitrogens with zero attached hydrogens (tertiary/aromatic N) is 1. The number of rotatable bonds is 5. The van der Waals surface area contributed by atoms with E-state index < -0.39 is 0 Å². The molecule has 104 valence electrons. The monoisotopic (exact) mass is 259 g/mol. The second-order valence-corrected chi connectivity index (χ2v) is 5.46. The van der Waals surface area contributed by atoms with Gasteiger partial charge in [-0.2, -0.15) is 0 Å². The van der Waals surface area contributed by atoms with Crippen molar-refractivity contribution >= 4 is 5.96 Å². The molecule has 1 aromatic rings. The van der Waals surface area contributed by atoms with Crippen molar-refractivity contribution in [3.05, 3.63) is 35.4 Å². The summed E-state index contributed by atoms with van der Waals surface area (Å²) in [4.78, 5) is 4.64. The molecule has 0 aromatic heterocycles. The highest BCUT2D eigenvalue weighted by molar-refractivity contribution is 5.80. The Labute approximate surface area is 116 Å². The van der Waals surface area contributed by atoms with E-state index >= 15 is 0 Å². The number of guanidine groups is 1. The minimum absolute atomic E-state index is 0.622. The van der Waals surface area contributed by atoms with E-state index in [1.165, 1.54) is 17.5 Å². The molecule has 0 bridgehead atoms. The van der Waals surface area contributed by atoms with E-state index in [1.54, 1.807) is 0 Å². The summed E-state index contributed by atoms with van der Waals surface area (Å²) in [7, 11) is 0. The molecule has 3 nitrogen and oxygen atoms in total. The molecule has 0 heterocycles. The van der Waals surface area contributed by atoms with Crippen LogP contribution in [0.15, 0.2) is 29.3 Å². The molecule has 1 aliphatic carbocycles. The van der Waals surface area contributed by atoms with Gasteiger partial charge in [0.05, 0.1) is 0 Å². The third-order valence-electron chi connectivity index (χ3n) is 3.57. The zero-order valence-electron chi connectivity index (χ0n) is 12.2. The maximum Gasteiger partial charge on any atom is 0.191 e. The topological polar surface area (TPSA) is 36.4 Å². The predicted molar refractivity (Wildman–Crippen MR) is 81.6 cm³/mol. The largest absolute Gasteiger partial charge is 0.357 e. The fraction of sp³-hybridized carbons (Fsp3) is 0.562. The lowest BCUT2D eigenvalue weighted by Gasteiger charge is -2.10. The molecule has 0 aliphatic heterocycles. The lowest BCUT2D eigenvalue weighted by molar-refractivity contribution is 0.765. The Morgan fingerprint density at radius 1 is 1.32 bits per heavy atom. The van der Waals surface area contributed by atoms with E-state index in [2.05, 4.69) is 60.7 Å². The van der Waals surface area contributed by atoms with Crippen LogP contribution in [0.3, 0.4) is 0 Å². The molecular weight excluding hydrogens is 234 g/mol. The van der Waals surface area contributed by atoms with Gasteiger partial charge in [0.1, 0.15) is 0 Å². The molecule has 19 heavy (non-hydrogen) atoms. The zero-order valence-corrected chi connectivity index (χ0v) is 12.2. The number of benzene rings is 1. The molecule has 2 unspecified atom stereocenters. The van der Waals surface area contributed by atoms with Crippen molar-refractivity contribution < 1.29 is 0 Å². The number of aryl methyl sites for hydroxylation is 1. The summed E-state index contributed by atoms with van der Waals surface area (Å²) >= 11 is 0. The van der Waals surface area contributed by atoms with E-state index in [9.17, 15) is 0 Å². The number of aliphatic imine (C=N–C) groups is 1. The van der Waals surface area contributed by atoms with Crippen molar-refractivity contribution in [2.45, 2.75) is 39.7 Å². The Morgan fingerprint density at radius 2 is 2.00 bits per heavy atom. The van der Waals surface area contributed by atoms with Crippen LogP contribution in [0.1, 0.15) is 31.4 Å². The molecular formula is C16H25N3. The summed E-state index contributed by atoms with van der Waals surface area (Å²) in [5, 5.41) is 6.78. The third kappa shape index (κ3) is 4.58. The molecule has 0 spiro atoms. The first-order valence-corrected chi connectivity index (χ1v) is 7.29. The van der Waals surface area contributed by atoms with Crippen molar-refractivity contribution in [1.82, 2.24) is 10.6 Å². The Balaban J connectivity index is 1.81. The average Bonchev–Trinajstić information content (AvgIpc) is 3.07. The lowest BCUT2D eigenvalue weighted by Crippen LogP contribution is -2.39. The van der Waals surface area contributed by atoms with Crippen LogP contribution in [0, 0.1) is 12.8 Å². The second-order valence-electron chi connectivity index (χ2n) is 5.46. The third-order valence-corrected chi connectivity index (χ3v) is 3.57. The number of hydrogen-bond donors (Lipinski definition) is 2. The van der Waals surface area contributed by atoms with E-state index in [0.717, 1.165) is 31.4 Å². The van der Waals surface area contributed by atoms with Gasteiger partial charge in [-0.15, -0.1) is 0 Å². The summed E-state index contributed by atoms with van der Waals surface area (Å²) in [5.74, 6) is 1.75. The molecule has 1 saturated carbocycles. The highest BCUT2D eigenvalue weighted by atomic mass is 15.2. The summed E-state index contributed by atoms with van der Waals surface area (Å²) < 4.78 is 0. The van der Waals surface area contributed by atoms with Crippen molar-refractivity contribution in [3.8, 4) is 0 Å². The van der Waals surface area contributed by atoms with Crippen molar-refractivity contribution in [2.75, 3.05) is 13.1 Å². The molecule has 0 amide bonds. The average molecular weight is 259 g/mol. The minimum atomic E-state index is 0.622. The van der Waals surface area contributed by atoms with Gasteiger partial charge in [-0.05, 0) is 38.2 Å². The van der Waals surface area contributed by atoms with Crippen molar-refractivity contribution in [2.24, 2.45) is 10.9 Å². The van der Waals surface area contributed by atoms with Crippen LogP contribution in [-0.2, 0) is 6.42 Å². The first kappa shape index (κ1) is 13.9. The molecule has 0 saturated heterocycles. The van der Waals surface area contributed by atoms with Gasteiger partial charge in [-0.1, -0.05) is 36.8 Å². The standard InChI is InChI=1S/C16H25N3/c1-4-17-16(19-15-11-13(15)3)18-10-9-14-7-5-12(2)6-8-14/h5-8,13,15H,4,9-11H2,1-3H3,(H2,17,18,19). The Morgan fingerprint density at radius 3 is 2.58 bits per heavy atom. The lowest BCUT2D eigenvalue weighted by atomic mass is 10.1. The second kappa shape index (κ2) is 6.60.